The second-order valence-corrected chi connectivity index (χ2v) is 5.33. The molecule has 0 aliphatic carbocycles. The Hall–Kier alpha value is -2.08. The van der Waals surface area contributed by atoms with Crippen molar-refractivity contribution in [1.29, 1.82) is 0 Å². The van der Waals surface area contributed by atoms with Gasteiger partial charge in [0.15, 0.2) is 0 Å². The quantitative estimate of drug-likeness (QED) is 0.831. The van der Waals surface area contributed by atoms with E-state index in [4.69, 9.17) is 10.5 Å². The van der Waals surface area contributed by atoms with Crippen molar-refractivity contribution in [3.8, 4) is 5.75 Å². The number of anilines is 1. The number of hydrogen-bond donors (Lipinski definition) is 2. The summed E-state index contributed by atoms with van der Waals surface area (Å²) in [5, 5.41) is 2.71. The lowest BCUT2D eigenvalue weighted by Gasteiger charge is -2.09. The van der Waals surface area contributed by atoms with Crippen molar-refractivity contribution in [2.24, 2.45) is 0 Å². The molecular weight excluding hydrogens is 339 g/mol. The van der Waals surface area contributed by atoms with Crippen molar-refractivity contribution in [2.45, 2.75) is 6.54 Å². The fraction of sp³-hybridized carbons (Fsp3) is 0.133. The van der Waals surface area contributed by atoms with Crippen molar-refractivity contribution in [3.63, 3.8) is 0 Å². The molecule has 0 unspecified atom stereocenters. The highest BCUT2D eigenvalue weighted by molar-refractivity contribution is 9.10. The average Bonchev–Trinajstić information content (AvgIpc) is 2.43. The van der Waals surface area contributed by atoms with Gasteiger partial charge in [-0.3, -0.25) is 4.79 Å². The molecule has 110 valence electrons. The standard InChI is InChI=1S/C15H14BrFN2O2/c1-21-14-3-2-9(4-13(14)18)8-19-15(20)10-5-11(16)7-12(17)6-10/h2-7H,8,18H2,1H3,(H,19,20). The minimum atomic E-state index is -0.469. The van der Waals surface area contributed by atoms with E-state index in [2.05, 4.69) is 21.2 Å². The van der Waals surface area contributed by atoms with E-state index in [1.807, 2.05) is 0 Å². The molecule has 0 aliphatic rings. The largest absolute Gasteiger partial charge is 0.495 e. The number of halogens is 2. The van der Waals surface area contributed by atoms with Gasteiger partial charge < -0.3 is 15.8 Å². The molecule has 0 aromatic heterocycles. The summed E-state index contributed by atoms with van der Waals surface area (Å²) in [5.41, 5.74) is 7.38. The molecule has 0 atom stereocenters. The van der Waals surface area contributed by atoms with Gasteiger partial charge in [-0.15, -0.1) is 0 Å². The first-order valence-electron chi connectivity index (χ1n) is 6.16. The van der Waals surface area contributed by atoms with Gasteiger partial charge in [-0.05, 0) is 35.9 Å². The zero-order chi connectivity index (χ0) is 15.4. The van der Waals surface area contributed by atoms with Gasteiger partial charge in [0.25, 0.3) is 5.91 Å². The van der Waals surface area contributed by atoms with Crippen LogP contribution in [0.2, 0.25) is 0 Å². The summed E-state index contributed by atoms with van der Waals surface area (Å²) < 4.78 is 18.8. The second-order valence-electron chi connectivity index (χ2n) is 4.42. The molecule has 4 nitrogen and oxygen atoms in total. The second kappa shape index (κ2) is 6.58. The molecule has 0 bridgehead atoms. The number of nitrogens with one attached hydrogen (secondary N) is 1. The summed E-state index contributed by atoms with van der Waals surface area (Å²) in [4.78, 5) is 12.0. The number of carbonyl (C=O) groups excluding carboxylic acids is 1. The Bertz CT molecular complexity index is 656. The van der Waals surface area contributed by atoms with Gasteiger partial charge >= 0.3 is 0 Å². The molecule has 0 spiro atoms. The molecule has 6 heteroatoms. The van der Waals surface area contributed by atoms with Gasteiger partial charge in [0.2, 0.25) is 0 Å². The predicted octanol–water partition coefficient (Wildman–Crippen LogP) is 3.11. The van der Waals surface area contributed by atoms with Gasteiger partial charge in [-0.1, -0.05) is 22.0 Å². The van der Waals surface area contributed by atoms with Gasteiger partial charge in [0, 0.05) is 16.6 Å². The van der Waals surface area contributed by atoms with E-state index in [-0.39, 0.29) is 11.5 Å². The highest BCUT2D eigenvalue weighted by atomic mass is 79.9. The normalized spacial score (nSPS) is 10.2. The molecule has 0 fully saturated rings. The molecule has 2 aromatic carbocycles. The van der Waals surface area contributed by atoms with E-state index in [1.54, 1.807) is 24.3 Å². The third kappa shape index (κ3) is 3.95. The van der Waals surface area contributed by atoms with Crippen molar-refractivity contribution in [1.82, 2.24) is 5.32 Å². The van der Waals surface area contributed by atoms with Crippen molar-refractivity contribution < 1.29 is 13.9 Å². The highest BCUT2D eigenvalue weighted by Gasteiger charge is 2.08. The molecule has 0 heterocycles. The van der Waals surface area contributed by atoms with Crippen LogP contribution in [0.1, 0.15) is 15.9 Å². The number of nitrogens with two attached hydrogens (primary N) is 1. The van der Waals surface area contributed by atoms with Gasteiger partial charge in [0.05, 0.1) is 12.8 Å². The zero-order valence-corrected chi connectivity index (χ0v) is 12.9. The number of nitrogen functional groups attached to an aromatic ring is 1. The SMILES string of the molecule is COc1ccc(CNC(=O)c2cc(F)cc(Br)c2)cc1N. The lowest BCUT2D eigenvalue weighted by Crippen LogP contribution is -2.23. The summed E-state index contributed by atoms with van der Waals surface area (Å²) >= 11 is 3.15. The van der Waals surface area contributed by atoms with Gasteiger partial charge in [-0.2, -0.15) is 0 Å². The number of amides is 1. The highest BCUT2D eigenvalue weighted by Crippen LogP contribution is 2.22. The van der Waals surface area contributed by atoms with E-state index in [0.717, 1.165) is 5.56 Å². The smallest absolute Gasteiger partial charge is 0.251 e. The van der Waals surface area contributed by atoms with Crippen LogP contribution in [0.5, 0.6) is 5.75 Å². The maximum absolute atomic E-state index is 13.2. The lowest BCUT2D eigenvalue weighted by molar-refractivity contribution is 0.0950. The van der Waals surface area contributed by atoms with E-state index in [0.29, 0.717) is 22.5 Å². The number of carbonyl (C=O) groups is 1. The van der Waals surface area contributed by atoms with Crippen LogP contribution in [0.15, 0.2) is 40.9 Å². The van der Waals surface area contributed by atoms with E-state index >= 15 is 0 Å². The number of ether oxygens (including phenoxy) is 1. The van der Waals surface area contributed by atoms with Crippen LogP contribution in [0.4, 0.5) is 10.1 Å². The molecule has 0 aliphatic heterocycles. The van der Waals surface area contributed by atoms with Crippen LogP contribution in [-0.2, 0) is 6.54 Å². The first-order chi connectivity index (χ1) is 9.99. The van der Waals surface area contributed by atoms with Crippen molar-refractivity contribution in [3.05, 3.63) is 57.8 Å². The molecule has 21 heavy (non-hydrogen) atoms. The Morgan fingerprint density at radius 2 is 2.10 bits per heavy atom. The molecule has 1 amide bonds. The molecule has 0 saturated heterocycles. The Morgan fingerprint density at radius 3 is 2.71 bits per heavy atom. The third-order valence-corrected chi connectivity index (χ3v) is 3.33. The van der Waals surface area contributed by atoms with Crippen LogP contribution in [0.25, 0.3) is 0 Å². The molecule has 2 rings (SSSR count). The predicted molar refractivity (Wildman–Crippen MR) is 82.7 cm³/mol. The van der Waals surface area contributed by atoms with Crippen LogP contribution < -0.4 is 15.8 Å². The van der Waals surface area contributed by atoms with Crippen molar-refractivity contribution >= 4 is 27.5 Å². The Kier molecular flexibility index (Phi) is 4.80. The van der Waals surface area contributed by atoms with Crippen LogP contribution in [0.3, 0.4) is 0 Å². The minimum absolute atomic E-state index is 0.253. The molecule has 2 aromatic rings. The lowest BCUT2D eigenvalue weighted by atomic mass is 10.1. The van der Waals surface area contributed by atoms with Gasteiger partial charge in [-0.25, -0.2) is 4.39 Å². The topological polar surface area (TPSA) is 64.3 Å². The fourth-order valence-electron chi connectivity index (χ4n) is 1.86. The summed E-state index contributed by atoms with van der Waals surface area (Å²) in [6.07, 6.45) is 0. The van der Waals surface area contributed by atoms with Crippen molar-refractivity contribution in [2.75, 3.05) is 12.8 Å². The Morgan fingerprint density at radius 1 is 1.33 bits per heavy atom. The molecule has 3 N–H and O–H groups in total. The Balaban J connectivity index is 2.05. The first kappa shape index (κ1) is 15.3. The minimum Gasteiger partial charge on any atom is -0.495 e. The van der Waals surface area contributed by atoms with E-state index < -0.39 is 5.82 Å². The fourth-order valence-corrected chi connectivity index (χ4v) is 2.33. The summed E-state index contributed by atoms with van der Waals surface area (Å²) in [6, 6.07) is 9.29. The maximum atomic E-state index is 13.2. The maximum Gasteiger partial charge on any atom is 0.251 e. The number of hydrogen-bond acceptors (Lipinski definition) is 3. The van der Waals surface area contributed by atoms with Crippen LogP contribution in [0, 0.1) is 5.82 Å². The van der Waals surface area contributed by atoms with E-state index in [9.17, 15) is 9.18 Å². The van der Waals surface area contributed by atoms with Crippen LogP contribution >= 0.6 is 15.9 Å². The first-order valence-corrected chi connectivity index (χ1v) is 6.95. The molecule has 0 saturated carbocycles. The Labute approximate surface area is 130 Å². The molecule has 0 radical (unpaired) electrons. The monoisotopic (exact) mass is 352 g/mol. The van der Waals surface area contributed by atoms with Crippen LogP contribution in [-0.4, -0.2) is 13.0 Å². The number of benzene rings is 2. The summed E-state index contributed by atoms with van der Waals surface area (Å²) in [7, 11) is 1.54. The van der Waals surface area contributed by atoms with Gasteiger partial charge in [0.1, 0.15) is 11.6 Å². The van der Waals surface area contributed by atoms with E-state index in [1.165, 1.54) is 19.2 Å². The third-order valence-electron chi connectivity index (χ3n) is 2.87. The number of rotatable bonds is 4. The summed E-state index contributed by atoms with van der Waals surface area (Å²) in [6.45, 7) is 0.293. The number of methoxy groups -OCH3 is 1. The average molecular weight is 353 g/mol. The summed E-state index contributed by atoms with van der Waals surface area (Å²) in [5.74, 6) is -0.244. The molecular formula is C15H14BrFN2O2. The zero-order valence-electron chi connectivity index (χ0n) is 11.3.